The Labute approximate surface area is 118 Å². The number of nitrogens with zero attached hydrogens (tertiary/aromatic N) is 1. The molecule has 1 fully saturated rings. The summed E-state index contributed by atoms with van der Waals surface area (Å²) in [5.74, 6) is -0.313. The Morgan fingerprint density at radius 3 is 2.65 bits per heavy atom. The molecule has 2 atom stereocenters. The van der Waals surface area contributed by atoms with Crippen molar-refractivity contribution in [1.82, 2.24) is 10.2 Å². The highest BCUT2D eigenvalue weighted by atomic mass is 19.1. The molecule has 1 heterocycles. The lowest BCUT2D eigenvalue weighted by molar-refractivity contribution is 0.0708. The van der Waals surface area contributed by atoms with Crippen molar-refractivity contribution in [1.29, 1.82) is 0 Å². The fourth-order valence-electron chi connectivity index (χ4n) is 2.94. The number of hydrogen-bond acceptors (Lipinski definition) is 2. The third-order valence-corrected chi connectivity index (χ3v) is 3.72. The second kappa shape index (κ2) is 5.40. The second-order valence-corrected chi connectivity index (χ2v) is 6.21. The number of carbonyl (C=O) groups is 1. The Bertz CT molecular complexity index is 499. The van der Waals surface area contributed by atoms with E-state index in [1.54, 1.807) is 6.07 Å². The highest BCUT2D eigenvalue weighted by molar-refractivity contribution is 5.67. The second-order valence-electron chi connectivity index (χ2n) is 6.21. The molecular weight excluding hydrogens is 259 g/mol. The van der Waals surface area contributed by atoms with Crippen molar-refractivity contribution in [3.63, 3.8) is 0 Å². The third kappa shape index (κ3) is 2.93. The SMILES string of the molecule is CC(C)(C)N(C(=O)O)[C@@H]1CNC[C@H]1c1cccc(F)c1. The van der Waals surface area contributed by atoms with E-state index in [2.05, 4.69) is 5.32 Å². The maximum atomic E-state index is 13.4. The van der Waals surface area contributed by atoms with Crippen molar-refractivity contribution in [2.75, 3.05) is 13.1 Å². The van der Waals surface area contributed by atoms with Gasteiger partial charge in [-0.05, 0) is 38.5 Å². The van der Waals surface area contributed by atoms with E-state index in [0.29, 0.717) is 13.1 Å². The first-order valence-electron chi connectivity index (χ1n) is 6.79. The molecule has 0 unspecified atom stereocenters. The molecule has 110 valence electrons. The van der Waals surface area contributed by atoms with Gasteiger partial charge < -0.3 is 10.4 Å². The standard InChI is InChI=1S/C15H21FN2O2/c1-15(2,3)18(14(19)20)13-9-17-8-12(13)10-5-4-6-11(16)7-10/h4-7,12-13,17H,8-9H2,1-3H3,(H,19,20)/t12-,13+/m0/s1. The van der Waals surface area contributed by atoms with Gasteiger partial charge in [-0.1, -0.05) is 12.1 Å². The van der Waals surface area contributed by atoms with Crippen LogP contribution in [0.4, 0.5) is 9.18 Å². The molecule has 0 aliphatic carbocycles. The number of carboxylic acid groups (broad SMARTS) is 1. The quantitative estimate of drug-likeness (QED) is 0.875. The summed E-state index contributed by atoms with van der Waals surface area (Å²) in [5.41, 5.74) is 0.351. The van der Waals surface area contributed by atoms with Gasteiger partial charge in [0.2, 0.25) is 0 Å². The van der Waals surface area contributed by atoms with Crippen molar-refractivity contribution >= 4 is 6.09 Å². The molecule has 1 aliphatic heterocycles. The summed E-state index contributed by atoms with van der Waals surface area (Å²) >= 11 is 0. The van der Waals surface area contributed by atoms with Gasteiger partial charge in [-0.2, -0.15) is 0 Å². The van der Waals surface area contributed by atoms with Crippen LogP contribution in [0.25, 0.3) is 0 Å². The van der Waals surface area contributed by atoms with E-state index >= 15 is 0 Å². The van der Waals surface area contributed by atoms with Gasteiger partial charge in [-0.15, -0.1) is 0 Å². The summed E-state index contributed by atoms with van der Waals surface area (Å²) in [6.45, 7) is 6.88. The van der Waals surface area contributed by atoms with Crippen LogP contribution in [-0.2, 0) is 0 Å². The first-order chi connectivity index (χ1) is 9.30. The molecule has 0 saturated carbocycles. The third-order valence-electron chi connectivity index (χ3n) is 3.72. The fourth-order valence-corrected chi connectivity index (χ4v) is 2.94. The molecule has 0 spiro atoms. The molecule has 1 amide bonds. The molecule has 4 nitrogen and oxygen atoms in total. The van der Waals surface area contributed by atoms with Crippen LogP contribution in [0, 0.1) is 5.82 Å². The minimum atomic E-state index is -0.937. The lowest BCUT2D eigenvalue weighted by Crippen LogP contribution is -2.53. The normalized spacial score (nSPS) is 22.8. The predicted octanol–water partition coefficient (Wildman–Crippen LogP) is 2.66. The van der Waals surface area contributed by atoms with Gasteiger partial charge in [0.1, 0.15) is 5.82 Å². The van der Waals surface area contributed by atoms with Gasteiger partial charge in [-0.25, -0.2) is 9.18 Å². The number of rotatable bonds is 2. The van der Waals surface area contributed by atoms with Crippen molar-refractivity contribution in [2.45, 2.75) is 38.3 Å². The van der Waals surface area contributed by atoms with Crippen LogP contribution in [-0.4, -0.2) is 40.8 Å². The number of halogens is 1. The van der Waals surface area contributed by atoms with Crippen LogP contribution in [0.1, 0.15) is 32.3 Å². The maximum Gasteiger partial charge on any atom is 0.408 e. The molecule has 1 saturated heterocycles. The van der Waals surface area contributed by atoms with Crippen LogP contribution in [0.15, 0.2) is 24.3 Å². The first-order valence-corrected chi connectivity index (χ1v) is 6.79. The van der Waals surface area contributed by atoms with E-state index in [9.17, 15) is 14.3 Å². The number of benzene rings is 1. The average molecular weight is 280 g/mol. The van der Waals surface area contributed by atoms with Crippen LogP contribution < -0.4 is 5.32 Å². The van der Waals surface area contributed by atoms with Crippen LogP contribution in [0.2, 0.25) is 0 Å². The van der Waals surface area contributed by atoms with E-state index in [1.165, 1.54) is 17.0 Å². The van der Waals surface area contributed by atoms with E-state index in [0.717, 1.165) is 5.56 Å². The van der Waals surface area contributed by atoms with Crippen molar-refractivity contribution in [3.05, 3.63) is 35.6 Å². The molecular formula is C15H21FN2O2. The van der Waals surface area contributed by atoms with E-state index in [4.69, 9.17) is 0 Å². The largest absolute Gasteiger partial charge is 0.465 e. The molecule has 1 aromatic carbocycles. The van der Waals surface area contributed by atoms with Gasteiger partial charge in [-0.3, -0.25) is 4.90 Å². The molecule has 20 heavy (non-hydrogen) atoms. The highest BCUT2D eigenvalue weighted by Crippen LogP contribution is 2.31. The monoisotopic (exact) mass is 280 g/mol. The molecule has 2 rings (SSSR count). The summed E-state index contributed by atoms with van der Waals surface area (Å²) < 4.78 is 13.4. The zero-order valence-corrected chi connectivity index (χ0v) is 12.1. The maximum absolute atomic E-state index is 13.4. The van der Waals surface area contributed by atoms with Crippen LogP contribution >= 0.6 is 0 Å². The predicted molar refractivity (Wildman–Crippen MR) is 75.4 cm³/mol. The van der Waals surface area contributed by atoms with Gasteiger partial charge in [0.05, 0.1) is 6.04 Å². The van der Waals surface area contributed by atoms with Crippen LogP contribution in [0.5, 0.6) is 0 Å². The van der Waals surface area contributed by atoms with E-state index < -0.39 is 11.6 Å². The zero-order chi connectivity index (χ0) is 14.9. The average Bonchev–Trinajstić information content (AvgIpc) is 2.75. The van der Waals surface area contributed by atoms with Crippen molar-refractivity contribution in [2.24, 2.45) is 0 Å². The van der Waals surface area contributed by atoms with E-state index in [-0.39, 0.29) is 17.8 Å². The van der Waals surface area contributed by atoms with Crippen molar-refractivity contribution in [3.8, 4) is 0 Å². The number of hydrogen-bond donors (Lipinski definition) is 2. The Morgan fingerprint density at radius 2 is 2.10 bits per heavy atom. The molecule has 2 N–H and O–H groups in total. The van der Waals surface area contributed by atoms with Crippen LogP contribution in [0.3, 0.4) is 0 Å². The molecule has 5 heteroatoms. The van der Waals surface area contributed by atoms with Gasteiger partial charge >= 0.3 is 6.09 Å². The number of nitrogens with one attached hydrogen (secondary N) is 1. The molecule has 1 aromatic rings. The van der Waals surface area contributed by atoms with Gasteiger partial charge in [0.25, 0.3) is 0 Å². The lowest BCUT2D eigenvalue weighted by Gasteiger charge is -2.40. The molecule has 1 aliphatic rings. The summed E-state index contributed by atoms with van der Waals surface area (Å²) in [6.07, 6.45) is -0.937. The summed E-state index contributed by atoms with van der Waals surface area (Å²) in [4.78, 5) is 13.1. The van der Waals surface area contributed by atoms with Crippen molar-refractivity contribution < 1.29 is 14.3 Å². The molecule has 0 radical (unpaired) electrons. The first kappa shape index (κ1) is 14.8. The lowest BCUT2D eigenvalue weighted by atomic mass is 9.90. The smallest absolute Gasteiger partial charge is 0.408 e. The summed E-state index contributed by atoms with van der Waals surface area (Å²) in [6, 6.07) is 6.24. The fraction of sp³-hybridized carbons (Fsp3) is 0.533. The Hall–Kier alpha value is -1.62. The highest BCUT2D eigenvalue weighted by Gasteiger charge is 2.40. The summed E-state index contributed by atoms with van der Waals surface area (Å²) in [5, 5.41) is 12.7. The zero-order valence-electron chi connectivity index (χ0n) is 12.1. The Morgan fingerprint density at radius 1 is 1.40 bits per heavy atom. The van der Waals surface area contributed by atoms with E-state index in [1.807, 2.05) is 26.8 Å². The molecule has 0 bridgehead atoms. The Kier molecular flexibility index (Phi) is 3.99. The van der Waals surface area contributed by atoms with Gasteiger partial charge in [0, 0.05) is 24.5 Å². The minimum absolute atomic E-state index is 0.0268. The Balaban J connectivity index is 2.33. The number of amides is 1. The van der Waals surface area contributed by atoms with Gasteiger partial charge in [0.15, 0.2) is 0 Å². The minimum Gasteiger partial charge on any atom is -0.465 e. The summed E-state index contributed by atoms with van der Waals surface area (Å²) in [7, 11) is 0. The molecule has 0 aromatic heterocycles. The topological polar surface area (TPSA) is 52.6 Å².